The summed E-state index contributed by atoms with van der Waals surface area (Å²) in [5.74, 6) is 0.202. The van der Waals surface area contributed by atoms with Gasteiger partial charge >= 0.3 is 0 Å². The molecule has 0 saturated carbocycles. The highest BCUT2D eigenvalue weighted by Gasteiger charge is 2.10. The van der Waals surface area contributed by atoms with Crippen molar-refractivity contribution >= 4 is 12.6 Å². The monoisotopic (exact) mass is 189 g/mol. The fourth-order valence-corrected chi connectivity index (χ4v) is 1.14. The van der Waals surface area contributed by atoms with Crippen LogP contribution in [0, 0.1) is 11.3 Å². The number of carbonyl (C=O) groups is 2. The Hall–Kier alpha value is -2.15. The molecule has 0 N–H and O–H groups in total. The summed E-state index contributed by atoms with van der Waals surface area (Å²) in [5.41, 5.74) is 0.664. The molecule has 0 spiro atoms. The predicted octanol–water partition coefficient (Wildman–Crippen LogP) is 1.19. The first-order valence-electron chi connectivity index (χ1n) is 3.79. The van der Waals surface area contributed by atoms with E-state index in [9.17, 15) is 9.59 Å². The third kappa shape index (κ3) is 1.62. The number of nitrogens with zero attached hydrogens (tertiary/aromatic N) is 1. The number of rotatable bonds is 3. The molecule has 0 aliphatic heterocycles. The molecule has 0 bridgehead atoms. The van der Waals surface area contributed by atoms with Crippen LogP contribution in [-0.2, 0) is 0 Å². The molecule has 1 rings (SSSR count). The second-order valence-corrected chi connectivity index (χ2v) is 2.54. The van der Waals surface area contributed by atoms with Crippen molar-refractivity contribution in [1.82, 2.24) is 0 Å². The standard InChI is InChI=1S/C10H7NO3/c1-14-10-8(4-11)2-7(5-12)3-9(10)6-13/h2-3,5-6H,1H3. The summed E-state index contributed by atoms with van der Waals surface area (Å²) in [4.78, 5) is 21.1. The average Bonchev–Trinajstić information content (AvgIpc) is 2.26. The molecule has 0 atom stereocenters. The van der Waals surface area contributed by atoms with Crippen molar-refractivity contribution in [2.45, 2.75) is 0 Å². The summed E-state index contributed by atoms with van der Waals surface area (Å²) < 4.78 is 4.89. The van der Waals surface area contributed by atoms with E-state index in [1.807, 2.05) is 6.07 Å². The largest absolute Gasteiger partial charge is 0.495 e. The second-order valence-electron chi connectivity index (χ2n) is 2.54. The van der Waals surface area contributed by atoms with Crippen LogP contribution in [0.3, 0.4) is 0 Å². The quantitative estimate of drug-likeness (QED) is 0.670. The highest BCUT2D eigenvalue weighted by atomic mass is 16.5. The first kappa shape index (κ1) is 9.93. The van der Waals surface area contributed by atoms with Crippen LogP contribution in [-0.4, -0.2) is 19.7 Å². The summed E-state index contributed by atoms with van der Waals surface area (Å²) in [6.07, 6.45) is 1.12. The van der Waals surface area contributed by atoms with Crippen molar-refractivity contribution in [1.29, 1.82) is 5.26 Å². The molecular weight excluding hydrogens is 182 g/mol. The first-order chi connectivity index (χ1) is 6.76. The molecule has 0 aliphatic carbocycles. The van der Waals surface area contributed by atoms with Gasteiger partial charge in [0.25, 0.3) is 0 Å². The van der Waals surface area contributed by atoms with Crippen molar-refractivity contribution in [2.24, 2.45) is 0 Å². The minimum Gasteiger partial charge on any atom is -0.495 e. The third-order valence-electron chi connectivity index (χ3n) is 1.73. The molecule has 0 heterocycles. The molecule has 0 unspecified atom stereocenters. The van der Waals surface area contributed by atoms with Crippen LogP contribution >= 0.6 is 0 Å². The van der Waals surface area contributed by atoms with E-state index in [0.29, 0.717) is 12.6 Å². The maximum absolute atomic E-state index is 10.6. The van der Waals surface area contributed by atoms with Crippen LogP contribution in [0.2, 0.25) is 0 Å². The Morgan fingerprint density at radius 1 is 1.36 bits per heavy atom. The summed E-state index contributed by atoms with van der Waals surface area (Å²) in [6.45, 7) is 0. The van der Waals surface area contributed by atoms with E-state index >= 15 is 0 Å². The van der Waals surface area contributed by atoms with Gasteiger partial charge < -0.3 is 4.74 Å². The molecule has 4 heteroatoms. The van der Waals surface area contributed by atoms with E-state index in [1.165, 1.54) is 19.2 Å². The molecular formula is C10H7NO3. The van der Waals surface area contributed by atoms with Crippen LogP contribution in [0.25, 0.3) is 0 Å². The lowest BCUT2D eigenvalue weighted by atomic mass is 10.1. The Balaban J connectivity index is 3.48. The maximum Gasteiger partial charge on any atom is 0.153 e. The summed E-state index contributed by atoms with van der Waals surface area (Å²) >= 11 is 0. The van der Waals surface area contributed by atoms with Crippen molar-refractivity contribution in [3.8, 4) is 11.8 Å². The minimum atomic E-state index is 0.180. The highest BCUT2D eigenvalue weighted by molar-refractivity contribution is 5.86. The Kier molecular flexibility index (Phi) is 2.97. The SMILES string of the molecule is COc1c(C#N)cc(C=O)cc1C=O. The van der Waals surface area contributed by atoms with E-state index in [1.54, 1.807) is 0 Å². The van der Waals surface area contributed by atoms with E-state index in [2.05, 4.69) is 0 Å². The number of ether oxygens (including phenoxy) is 1. The van der Waals surface area contributed by atoms with Crippen molar-refractivity contribution in [3.63, 3.8) is 0 Å². The van der Waals surface area contributed by atoms with Gasteiger partial charge in [-0.15, -0.1) is 0 Å². The zero-order valence-electron chi connectivity index (χ0n) is 7.48. The van der Waals surface area contributed by atoms with Crippen LogP contribution in [0.4, 0.5) is 0 Å². The van der Waals surface area contributed by atoms with Crippen molar-refractivity contribution in [2.75, 3.05) is 7.11 Å². The van der Waals surface area contributed by atoms with Crippen LogP contribution in [0.15, 0.2) is 12.1 Å². The molecule has 0 radical (unpaired) electrons. The number of hydrogen-bond acceptors (Lipinski definition) is 4. The molecule has 4 nitrogen and oxygen atoms in total. The van der Waals surface area contributed by atoms with Gasteiger partial charge in [0.1, 0.15) is 18.1 Å². The third-order valence-corrected chi connectivity index (χ3v) is 1.73. The van der Waals surface area contributed by atoms with Gasteiger partial charge in [-0.25, -0.2) is 0 Å². The van der Waals surface area contributed by atoms with Gasteiger partial charge in [-0.05, 0) is 12.1 Å². The van der Waals surface area contributed by atoms with Crippen LogP contribution in [0.1, 0.15) is 26.3 Å². The van der Waals surface area contributed by atoms with E-state index in [4.69, 9.17) is 10.00 Å². The van der Waals surface area contributed by atoms with Crippen LogP contribution < -0.4 is 4.74 Å². The molecule has 0 aromatic heterocycles. The highest BCUT2D eigenvalue weighted by Crippen LogP contribution is 2.23. The fraction of sp³-hybridized carbons (Fsp3) is 0.100. The number of methoxy groups -OCH3 is 1. The van der Waals surface area contributed by atoms with Gasteiger partial charge in [-0.3, -0.25) is 9.59 Å². The number of hydrogen-bond donors (Lipinski definition) is 0. The Morgan fingerprint density at radius 3 is 2.50 bits per heavy atom. The molecule has 0 aliphatic rings. The van der Waals surface area contributed by atoms with Gasteiger partial charge in [0.15, 0.2) is 6.29 Å². The smallest absolute Gasteiger partial charge is 0.153 e. The normalized spacial score (nSPS) is 8.86. The van der Waals surface area contributed by atoms with Gasteiger partial charge in [-0.1, -0.05) is 0 Å². The summed E-state index contributed by atoms with van der Waals surface area (Å²) in [6, 6.07) is 4.60. The van der Waals surface area contributed by atoms with E-state index in [-0.39, 0.29) is 22.4 Å². The first-order valence-corrected chi connectivity index (χ1v) is 3.79. The molecule has 1 aromatic rings. The molecule has 0 saturated heterocycles. The number of nitriles is 1. The number of carbonyl (C=O) groups excluding carboxylic acids is 2. The van der Waals surface area contributed by atoms with Gasteiger partial charge in [0.2, 0.25) is 0 Å². The molecule has 0 amide bonds. The topological polar surface area (TPSA) is 67.2 Å². The fourth-order valence-electron chi connectivity index (χ4n) is 1.14. The Labute approximate surface area is 80.7 Å². The van der Waals surface area contributed by atoms with Crippen molar-refractivity contribution < 1.29 is 14.3 Å². The number of benzene rings is 1. The van der Waals surface area contributed by atoms with E-state index in [0.717, 1.165) is 0 Å². The zero-order chi connectivity index (χ0) is 10.6. The molecule has 0 fully saturated rings. The van der Waals surface area contributed by atoms with Gasteiger partial charge in [0, 0.05) is 5.56 Å². The molecule has 1 aromatic carbocycles. The molecule has 14 heavy (non-hydrogen) atoms. The average molecular weight is 189 g/mol. The second kappa shape index (κ2) is 4.19. The van der Waals surface area contributed by atoms with Gasteiger partial charge in [0.05, 0.1) is 18.2 Å². The maximum atomic E-state index is 10.6. The Morgan fingerprint density at radius 2 is 2.07 bits per heavy atom. The van der Waals surface area contributed by atoms with E-state index < -0.39 is 0 Å². The summed E-state index contributed by atoms with van der Waals surface area (Å²) in [7, 11) is 1.36. The predicted molar refractivity (Wildman–Crippen MR) is 48.5 cm³/mol. The lowest BCUT2D eigenvalue weighted by Crippen LogP contribution is -1.96. The van der Waals surface area contributed by atoms with Crippen molar-refractivity contribution in [3.05, 3.63) is 28.8 Å². The number of aldehydes is 2. The molecule has 70 valence electrons. The summed E-state index contributed by atoms with van der Waals surface area (Å²) in [5, 5.41) is 8.73. The Bertz CT molecular complexity index is 418. The lowest BCUT2D eigenvalue weighted by molar-refractivity contribution is 0.112. The van der Waals surface area contributed by atoms with Crippen LogP contribution in [0.5, 0.6) is 5.75 Å². The minimum absolute atomic E-state index is 0.180. The zero-order valence-corrected chi connectivity index (χ0v) is 7.48. The van der Waals surface area contributed by atoms with Gasteiger partial charge in [-0.2, -0.15) is 5.26 Å². The lowest BCUT2D eigenvalue weighted by Gasteiger charge is -2.05.